The lowest BCUT2D eigenvalue weighted by atomic mass is 10.1. The van der Waals surface area contributed by atoms with Crippen LogP contribution in [-0.2, 0) is 4.79 Å². The standard InChI is InChI=1S/C13H17N3OS/c1-8-5-9(2)7-11(6-8)14-13(18)16-15-12(17)10-3-4-10/h5-7,10H,3-4H2,1-2H3,(H,15,17)(H2,14,16,18). The first-order valence-corrected chi connectivity index (χ1v) is 6.40. The summed E-state index contributed by atoms with van der Waals surface area (Å²) in [6.45, 7) is 4.06. The molecule has 0 saturated heterocycles. The van der Waals surface area contributed by atoms with Crippen LogP contribution in [-0.4, -0.2) is 11.0 Å². The lowest BCUT2D eigenvalue weighted by molar-refractivity contribution is -0.122. The molecule has 1 aromatic rings. The van der Waals surface area contributed by atoms with Crippen molar-refractivity contribution in [3.8, 4) is 0 Å². The molecular formula is C13H17N3OS. The van der Waals surface area contributed by atoms with Crippen LogP contribution >= 0.6 is 12.2 Å². The summed E-state index contributed by atoms with van der Waals surface area (Å²) in [5.74, 6) is 0.182. The molecule has 4 nitrogen and oxygen atoms in total. The van der Waals surface area contributed by atoms with Crippen LogP contribution in [0.5, 0.6) is 0 Å². The molecule has 18 heavy (non-hydrogen) atoms. The Morgan fingerprint density at radius 2 is 1.78 bits per heavy atom. The number of hydrazine groups is 1. The minimum atomic E-state index is 0.0135. The zero-order valence-corrected chi connectivity index (χ0v) is 11.4. The van der Waals surface area contributed by atoms with Crippen molar-refractivity contribution in [2.75, 3.05) is 5.32 Å². The predicted octanol–water partition coefficient (Wildman–Crippen LogP) is 2.03. The topological polar surface area (TPSA) is 53.2 Å². The number of benzene rings is 1. The fourth-order valence-electron chi connectivity index (χ4n) is 1.78. The monoisotopic (exact) mass is 263 g/mol. The molecule has 2 rings (SSSR count). The molecule has 96 valence electrons. The van der Waals surface area contributed by atoms with E-state index in [9.17, 15) is 4.79 Å². The van der Waals surface area contributed by atoms with Crippen molar-refractivity contribution in [1.82, 2.24) is 10.9 Å². The predicted molar refractivity (Wildman–Crippen MR) is 76.1 cm³/mol. The van der Waals surface area contributed by atoms with Gasteiger partial charge in [-0.3, -0.25) is 15.6 Å². The molecule has 0 unspecified atom stereocenters. The molecule has 0 atom stereocenters. The van der Waals surface area contributed by atoms with Gasteiger partial charge in [0.25, 0.3) is 0 Å². The third-order valence-corrected chi connectivity index (χ3v) is 2.93. The summed E-state index contributed by atoms with van der Waals surface area (Å²) >= 11 is 5.11. The summed E-state index contributed by atoms with van der Waals surface area (Å²) in [5, 5.41) is 3.44. The number of thiocarbonyl (C=S) groups is 1. The second kappa shape index (κ2) is 5.35. The lowest BCUT2D eigenvalue weighted by Crippen LogP contribution is -2.44. The Morgan fingerprint density at radius 1 is 1.17 bits per heavy atom. The van der Waals surface area contributed by atoms with E-state index in [1.165, 1.54) is 11.1 Å². The lowest BCUT2D eigenvalue weighted by Gasteiger charge is -2.12. The van der Waals surface area contributed by atoms with Crippen LogP contribution in [0.3, 0.4) is 0 Å². The van der Waals surface area contributed by atoms with E-state index in [-0.39, 0.29) is 11.8 Å². The normalized spacial score (nSPS) is 13.9. The van der Waals surface area contributed by atoms with Crippen molar-refractivity contribution in [3.63, 3.8) is 0 Å². The summed E-state index contributed by atoms with van der Waals surface area (Å²) in [4.78, 5) is 11.4. The van der Waals surface area contributed by atoms with E-state index in [1.54, 1.807) is 0 Å². The minimum absolute atomic E-state index is 0.0135. The molecule has 1 aliphatic carbocycles. The summed E-state index contributed by atoms with van der Waals surface area (Å²) in [7, 11) is 0. The second-order valence-electron chi connectivity index (χ2n) is 4.72. The second-order valence-corrected chi connectivity index (χ2v) is 5.13. The molecule has 5 heteroatoms. The number of nitrogens with one attached hydrogen (secondary N) is 3. The number of amides is 1. The molecule has 0 heterocycles. The van der Waals surface area contributed by atoms with Gasteiger partial charge in [-0.15, -0.1) is 0 Å². The van der Waals surface area contributed by atoms with Crippen LogP contribution in [0.4, 0.5) is 5.69 Å². The molecule has 1 saturated carbocycles. The minimum Gasteiger partial charge on any atom is -0.331 e. The number of anilines is 1. The summed E-state index contributed by atoms with van der Waals surface area (Å²) < 4.78 is 0. The highest BCUT2D eigenvalue weighted by Crippen LogP contribution is 2.28. The molecule has 0 spiro atoms. The first kappa shape index (κ1) is 12.8. The Bertz CT molecular complexity index is 463. The zero-order chi connectivity index (χ0) is 13.1. The van der Waals surface area contributed by atoms with E-state index in [1.807, 2.05) is 26.0 Å². The molecule has 0 radical (unpaired) electrons. The molecule has 1 aliphatic rings. The van der Waals surface area contributed by atoms with Gasteiger partial charge < -0.3 is 5.32 Å². The molecule has 0 aliphatic heterocycles. The van der Waals surface area contributed by atoms with Crippen molar-refractivity contribution in [3.05, 3.63) is 29.3 Å². The van der Waals surface area contributed by atoms with Crippen LogP contribution in [0.1, 0.15) is 24.0 Å². The van der Waals surface area contributed by atoms with Crippen molar-refractivity contribution in [1.29, 1.82) is 0 Å². The van der Waals surface area contributed by atoms with Crippen LogP contribution in [0.25, 0.3) is 0 Å². The molecule has 0 aromatic heterocycles. The van der Waals surface area contributed by atoms with Gasteiger partial charge in [-0.1, -0.05) is 6.07 Å². The Balaban J connectivity index is 1.84. The first-order valence-electron chi connectivity index (χ1n) is 6.00. The van der Waals surface area contributed by atoms with E-state index < -0.39 is 0 Å². The highest BCUT2D eigenvalue weighted by atomic mass is 32.1. The number of carbonyl (C=O) groups excluding carboxylic acids is 1. The van der Waals surface area contributed by atoms with E-state index in [4.69, 9.17) is 12.2 Å². The highest BCUT2D eigenvalue weighted by molar-refractivity contribution is 7.80. The molecular weight excluding hydrogens is 246 g/mol. The Hall–Kier alpha value is -1.62. The van der Waals surface area contributed by atoms with Gasteiger partial charge in [0.2, 0.25) is 5.91 Å². The average molecular weight is 263 g/mol. The molecule has 0 bridgehead atoms. The quantitative estimate of drug-likeness (QED) is 0.564. The number of rotatable bonds is 2. The summed E-state index contributed by atoms with van der Waals surface area (Å²) in [6, 6.07) is 6.10. The van der Waals surface area contributed by atoms with Gasteiger partial charge in [-0.05, 0) is 62.2 Å². The van der Waals surface area contributed by atoms with Gasteiger partial charge in [0.05, 0.1) is 0 Å². The van der Waals surface area contributed by atoms with E-state index in [0.29, 0.717) is 5.11 Å². The van der Waals surface area contributed by atoms with Crippen LogP contribution in [0, 0.1) is 19.8 Å². The summed E-state index contributed by atoms with van der Waals surface area (Å²) in [6.07, 6.45) is 1.95. The van der Waals surface area contributed by atoms with Gasteiger partial charge in [0, 0.05) is 11.6 Å². The van der Waals surface area contributed by atoms with Crippen LogP contribution in [0.2, 0.25) is 0 Å². The van der Waals surface area contributed by atoms with Crippen LogP contribution in [0.15, 0.2) is 18.2 Å². The van der Waals surface area contributed by atoms with Gasteiger partial charge in [-0.25, -0.2) is 0 Å². The van der Waals surface area contributed by atoms with Gasteiger partial charge >= 0.3 is 0 Å². The maximum absolute atomic E-state index is 11.4. The Kier molecular flexibility index (Phi) is 3.81. The fourth-order valence-corrected chi connectivity index (χ4v) is 1.94. The maximum atomic E-state index is 11.4. The molecule has 1 amide bonds. The molecule has 1 aromatic carbocycles. The van der Waals surface area contributed by atoms with Crippen molar-refractivity contribution in [2.24, 2.45) is 5.92 Å². The van der Waals surface area contributed by atoms with E-state index >= 15 is 0 Å². The Labute approximate surface area is 112 Å². The number of hydrogen-bond donors (Lipinski definition) is 3. The number of hydrogen-bond acceptors (Lipinski definition) is 2. The van der Waals surface area contributed by atoms with Crippen molar-refractivity contribution < 1.29 is 4.79 Å². The molecule has 3 N–H and O–H groups in total. The number of aryl methyl sites for hydroxylation is 2. The molecule has 1 fully saturated rings. The van der Waals surface area contributed by atoms with Crippen LogP contribution < -0.4 is 16.2 Å². The third kappa shape index (κ3) is 3.70. The third-order valence-electron chi connectivity index (χ3n) is 2.73. The SMILES string of the molecule is Cc1cc(C)cc(NC(=S)NNC(=O)C2CC2)c1. The fraction of sp³-hybridized carbons (Fsp3) is 0.385. The number of carbonyl (C=O) groups is 1. The largest absolute Gasteiger partial charge is 0.331 e. The van der Waals surface area contributed by atoms with Crippen molar-refractivity contribution in [2.45, 2.75) is 26.7 Å². The van der Waals surface area contributed by atoms with E-state index in [2.05, 4.69) is 22.2 Å². The zero-order valence-electron chi connectivity index (χ0n) is 10.5. The first-order chi connectivity index (χ1) is 8.54. The maximum Gasteiger partial charge on any atom is 0.241 e. The van der Waals surface area contributed by atoms with Gasteiger partial charge in [0.1, 0.15) is 0 Å². The Morgan fingerprint density at radius 3 is 2.33 bits per heavy atom. The van der Waals surface area contributed by atoms with E-state index in [0.717, 1.165) is 18.5 Å². The summed E-state index contributed by atoms with van der Waals surface area (Å²) in [5.41, 5.74) is 8.57. The van der Waals surface area contributed by atoms with Crippen molar-refractivity contribution >= 4 is 28.9 Å². The average Bonchev–Trinajstić information content (AvgIpc) is 3.08. The smallest absolute Gasteiger partial charge is 0.241 e. The van der Waals surface area contributed by atoms with Gasteiger partial charge in [-0.2, -0.15) is 0 Å². The highest BCUT2D eigenvalue weighted by Gasteiger charge is 2.29. The van der Waals surface area contributed by atoms with Gasteiger partial charge in [0.15, 0.2) is 5.11 Å².